The lowest BCUT2D eigenvalue weighted by molar-refractivity contribution is 0.876. The maximum Gasteiger partial charge on any atom is 0.147 e. The summed E-state index contributed by atoms with van der Waals surface area (Å²) in [7, 11) is 0. The van der Waals surface area contributed by atoms with Crippen molar-refractivity contribution in [2.45, 2.75) is 19.8 Å². The van der Waals surface area contributed by atoms with E-state index in [1.807, 2.05) is 18.3 Å². The molecular weight excluding hydrogens is 294 g/mol. The molecule has 0 aliphatic rings. The Morgan fingerprint density at radius 1 is 0.875 bits per heavy atom. The molecule has 0 atom stereocenters. The number of rotatable bonds is 1. The number of hydrogen-bond acceptors (Lipinski definition) is 2. The molecule has 3 nitrogen and oxygen atoms in total. The summed E-state index contributed by atoms with van der Waals surface area (Å²) >= 11 is 0. The zero-order chi connectivity index (χ0) is 16.3. The molecule has 0 amide bonds. The minimum absolute atomic E-state index is 0.436. The van der Waals surface area contributed by atoms with Crippen molar-refractivity contribution in [3.05, 3.63) is 66.4 Å². The molecule has 116 valence electrons. The van der Waals surface area contributed by atoms with Crippen LogP contribution in [0.1, 0.15) is 25.3 Å². The van der Waals surface area contributed by atoms with Crippen molar-refractivity contribution < 1.29 is 0 Å². The first-order valence-electron chi connectivity index (χ1n) is 8.32. The number of pyridine rings is 2. The first-order chi connectivity index (χ1) is 11.8. The first kappa shape index (κ1) is 13.5. The molecule has 0 radical (unpaired) electrons. The molecule has 5 aromatic rings. The minimum Gasteiger partial charge on any atom is -0.292 e. The van der Waals surface area contributed by atoms with Crippen LogP contribution in [0.3, 0.4) is 0 Å². The number of benzene rings is 2. The summed E-state index contributed by atoms with van der Waals surface area (Å²) in [4.78, 5) is 9.61. The van der Waals surface area contributed by atoms with Gasteiger partial charge in [0.05, 0.1) is 22.1 Å². The largest absolute Gasteiger partial charge is 0.292 e. The molecule has 0 saturated heterocycles. The monoisotopic (exact) mass is 311 g/mol. The Labute approximate surface area is 139 Å². The molecule has 2 aromatic carbocycles. The standard InChI is InChI=1S/C21H17N3/c1-13(2)14-7-5-11-18-19(14)20-15(8-6-12-22-20)21-23-16-9-3-4-10-17(16)24(18)21/h3-13H,1-2H3. The molecule has 3 heteroatoms. The predicted molar refractivity (Wildman–Crippen MR) is 99.6 cm³/mol. The quantitative estimate of drug-likeness (QED) is 0.393. The van der Waals surface area contributed by atoms with Crippen molar-refractivity contribution in [3.63, 3.8) is 0 Å². The SMILES string of the molecule is CC(C)c1cccc2c1c1ncccc1c1nc3ccccc3n21. The zero-order valence-electron chi connectivity index (χ0n) is 13.7. The molecule has 0 spiro atoms. The molecule has 0 aliphatic heterocycles. The second-order valence-corrected chi connectivity index (χ2v) is 6.56. The summed E-state index contributed by atoms with van der Waals surface area (Å²) in [6.07, 6.45) is 1.87. The number of imidazole rings is 1. The van der Waals surface area contributed by atoms with E-state index in [0.29, 0.717) is 5.92 Å². The van der Waals surface area contributed by atoms with Crippen LogP contribution in [0.5, 0.6) is 0 Å². The maximum atomic E-state index is 4.89. The van der Waals surface area contributed by atoms with E-state index in [1.54, 1.807) is 0 Å². The van der Waals surface area contributed by atoms with Crippen molar-refractivity contribution in [1.29, 1.82) is 0 Å². The average Bonchev–Trinajstić information content (AvgIpc) is 3.01. The van der Waals surface area contributed by atoms with Gasteiger partial charge in [-0.1, -0.05) is 38.1 Å². The summed E-state index contributed by atoms with van der Waals surface area (Å²) in [6.45, 7) is 4.47. The normalized spacial score (nSPS) is 12.1. The van der Waals surface area contributed by atoms with E-state index in [1.165, 1.54) is 16.5 Å². The van der Waals surface area contributed by atoms with E-state index < -0.39 is 0 Å². The third-order valence-electron chi connectivity index (χ3n) is 4.78. The number of hydrogen-bond donors (Lipinski definition) is 0. The third-order valence-corrected chi connectivity index (χ3v) is 4.78. The van der Waals surface area contributed by atoms with Crippen LogP contribution in [0.2, 0.25) is 0 Å². The highest BCUT2D eigenvalue weighted by Gasteiger charge is 2.16. The lowest BCUT2D eigenvalue weighted by Gasteiger charge is -2.14. The van der Waals surface area contributed by atoms with Crippen LogP contribution in [0.25, 0.3) is 38.5 Å². The molecule has 3 heterocycles. The molecule has 0 aliphatic carbocycles. The lowest BCUT2D eigenvalue weighted by Crippen LogP contribution is -1.97. The number of fused-ring (bicyclic) bond motifs is 8. The summed E-state index contributed by atoms with van der Waals surface area (Å²) < 4.78 is 2.28. The Morgan fingerprint density at radius 3 is 2.58 bits per heavy atom. The van der Waals surface area contributed by atoms with Gasteiger partial charge in [0.15, 0.2) is 0 Å². The molecular formula is C21H17N3. The highest BCUT2D eigenvalue weighted by molar-refractivity contribution is 6.13. The Bertz CT molecular complexity index is 1230. The minimum atomic E-state index is 0.436. The Balaban J connectivity index is 2.20. The summed E-state index contributed by atoms with van der Waals surface area (Å²) in [6, 6.07) is 19.0. The molecule has 0 unspecified atom stereocenters. The van der Waals surface area contributed by atoms with Gasteiger partial charge in [0.2, 0.25) is 0 Å². The van der Waals surface area contributed by atoms with E-state index in [2.05, 4.69) is 60.7 Å². The van der Waals surface area contributed by atoms with E-state index in [4.69, 9.17) is 9.97 Å². The first-order valence-corrected chi connectivity index (χ1v) is 8.32. The van der Waals surface area contributed by atoms with Crippen molar-refractivity contribution in [2.75, 3.05) is 0 Å². The van der Waals surface area contributed by atoms with Gasteiger partial charge in [-0.2, -0.15) is 0 Å². The molecule has 3 aromatic heterocycles. The third kappa shape index (κ3) is 1.67. The van der Waals surface area contributed by atoms with Gasteiger partial charge in [0, 0.05) is 17.0 Å². The van der Waals surface area contributed by atoms with Crippen LogP contribution < -0.4 is 0 Å². The fraction of sp³-hybridized carbons (Fsp3) is 0.143. The zero-order valence-corrected chi connectivity index (χ0v) is 13.7. The molecule has 0 N–H and O–H groups in total. The van der Waals surface area contributed by atoms with Gasteiger partial charge in [0.25, 0.3) is 0 Å². The fourth-order valence-corrected chi connectivity index (χ4v) is 3.72. The van der Waals surface area contributed by atoms with Crippen LogP contribution >= 0.6 is 0 Å². The smallest absolute Gasteiger partial charge is 0.147 e. The number of nitrogens with zero attached hydrogens (tertiary/aromatic N) is 3. The number of para-hydroxylation sites is 2. The predicted octanol–water partition coefficient (Wildman–Crippen LogP) is 5.31. The fourth-order valence-electron chi connectivity index (χ4n) is 3.72. The van der Waals surface area contributed by atoms with Crippen molar-refractivity contribution in [3.8, 4) is 0 Å². The van der Waals surface area contributed by atoms with Crippen LogP contribution in [-0.4, -0.2) is 14.4 Å². The van der Waals surface area contributed by atoms with E-state index >= 15 is 0 Å². The highest BCUT2D eigenvalue weighted by Crippen LogP contribution is 2.35. The van der Waals surface area contributed by atoms with Crippen LogP contribution in [-0.2, 0) is 0 Å². The average molecular weight is 311 g/mol. The Hall–Kier alpha value is -2.94. The molecule has 24 heavy (non-hydrogen) atoms. The van der Waals surface area contributed by atoms with Crippen LogP contribution in [0.4, 0.5) is 0 Å². The van der Waals surface area contributed by atoms with Crippen LogP contribution in [0.15, 0.2) is 60.8 Å². The number of aromatic nitrogens is 3. The van der Waals surface area contributed by atoms with Gasteiger partial charge in [-0.05, 0) is 41.8 Å². The summed E-state index contributed by atoms with van der Waals surface area (Å²) in [5.74, 6) is 0.436. The molecule has 0 fully saturated rings. The van der Waals surface area contributed by atoms with Gasteiger partial charge in [-0.3, -0.25) is 9.38 Å². The topological polar surface area (TPSA) is 30.2 Å². The second-order valence-electron chi connectivity index (χ2n) is 6.56. The Kier molecular flexibility index (Phi) is 2.69. The van der Waals surface area contributed by atoms with Crippen LogP contribution in [0, 0.1) is 0 Å². The maximum absolute atomic E-state index is 4.89. The Morgan fingerprint density at radius 2 is 1.71 bits per heavy atom. The lowest BCUT2D eigenvalue weighted by atomic mass is 9.96. The summed E-state index contributed by atoms with van der Waals surface area (Å²) in [5, 5.41) is 2.34. The van der Waals surface area contributed by atoms with Crippen molar-refractivity contribution in [1.82, 2.24) is 14.4 Å². The second kappa shape index (κ2) is 4.78. The van der Waals surface area contributed by atoms with Gasteiger partial charge >= 0.3 is 0 Å². The van der Waals surface area contributed by atoms with E-state index in [-0.39, 0.29) is 0 Å². The van der Waals surface area contributed by atoms with Gasteiger partial charge in [-0.25, -0.2) is 4.98 Å². The van der Waals surface area contributed by atoms with Crippen molar-refractivity contribution in [2.24, 2.45) is 0 Å². The molecule has 5 rings (SSSR count). The highest BCUT2D eigenvalue weighted by atomic mass is 15.0. The van der Waals surface area contributed by atoms with Crippen molar-refractivity contribution >= 4 is 38.5 Å². The summed E-state index contributed by atoms with van der Waals surface area (Å²) in [5.41, 5.74) is 6.69. The van der Waals surface area contributed by atoms with Gasteiger partial charge in [0.1, 0.15) is 5.65 Å². The molecule has 0 bridgehead atoms. The van der Waals surface area contributed by atoms with E-state index in [0.717, 1.165) is 27.6 Å². The van der Waals surface area contributed by atoms with Gasteiger partial charge < -0.3 is 0 Å². The molecule has 0 saturated carbocycles. The van der Waals surface area contributed by atoms with E-state index in [9.17, 15) is 0 Å². The van der Waals surface area contributed by atoms with Gasteiger partial charge in [-0.15, -0.1) is 0 Å².